The highest BCUT2D eigenvalue weighted by Crippen LogP contribution is 2.59. The molecule has 262 valence electrons. The van der Waals surface area contributed by atoms with Gasteiger partial charge in [-0.1, -0.05) is 0 Å². The van der Waals surface area contributed by atoms with Crippen molar-refractivity contribution in [2.24, 2.45) is 10.9 Å². The number of fused-ring (bicyclic) bond motifs is 6. The molecule has 3 saturated heterocycles. The molecule has 4 fully saturated rings. The number of rotatable bonds is 4. The van der Waals surface area contributed by atoms with Crippen LogP contribution >= 0.6 is 0 Å². The van der Waals surface area contributed by atoms with Gasteiger partial charge in [-0.2, -0.15) is 0 Å². The summed E-state index contributed by atoms with van der Waals surface area (Å²) in [6, 6.07) is 0. The van der Waals surface area contributed by atoms with E-state index < -0.39 is 96.7 Å². The summed E-state index contributed by atoms with van der Waals surface area (Å²) >= 11 is 0. The average Bonchev–Trinajstić information content (AvgIpc) is 3.33. The molecule has 1 spiro atoms. The van der Waals surface area contributed by atoms with Gasteiger partial charge in [-0.15, -0.1) is 0 Å². The van der Waals surface area contributed by atoms with E-state index >= 15 is 0 Å². The zero-order chi connectivity index (χ0) is 34.9. The topological polar surface area (TPSA) is 182 Å². The number of ether oxygens (including phenoxy) is 7. The number of amides is 2. The summed E-state index contributed by atoms with van der Waals surface area (Å²) in [5.74, 6) is -4.74. The first-order chi connectivity index (χ1) is 20.7. The van der Waals surface area contributed by atoms with Crippen LogP contribution in [-0.2, 0) is 42.4 Å². The normalized spacial score (nSPS) is 34.7. The molecule has 0 aromatic rings. The third-order valence-electron chi connectivity index (χ3n) is 7.70. The number of alkyl carbamates (subject to hydrolysis) is 2. The minimum atomic E-state index is -2.24. The Kier molecular flexibility index (Phi) is 9.25. The van der Waals surface area contributed by atoms with E-state index in [0.29, 0.717) is 0 Å². The predicted molar refractivity (Wildman–Crippen MR) is 165 cm³/mol. The summed E-state index contributed by atoms with van der Waals surface area (Å²) < 4.78 is 48.8. The number of carbonyl (C=O) groups is 3. The van der Waals surface area contributed by atoms with Gasteiger partial charge in [0.15, 0.2) is 31.6 Å². The molecule has 7 atom stereocenters. The molecule has 3 heterocycles. The van der Waals surface area contributed by atoms with Crippen LogP contribution in [0.1, 0.15) is 69.2 Å². The lowest BCUT2D eigenvalue weighted by atomic mass is 9.58. The van der Waals surface area contributed by atoms with Crippen molar-refractivity contribution in [2.75, 3.05) is 13.2 Å². The molecule has 2 amide bonds. The van der Waals surface area contributed by atoms with E-state index in [9.17, 15) is 19.5 Å². The highest BCUT2D eigenvalue weighted by molar-refractivity contribution is 6.69. The van der Waals surface area contributed by atoms with Gasteiger partial charge in [-0.05, 0) is 88.9 Å². The van der Waals surface area contributed by atoms with Gasteiger partial charge < -0.3 is 42.7 Å². The second kappa shape index (κ2) is 11.7. The maximum absolute atomic E-state index is 13.6. The number of carbonyl (C=O) groups excluding carboxylic acids is 3. The third-order valence-corrected chi connectivity index (χ3v) is 8.73. The number of aliphatic hydroxyl groups excluding tert-OH is 1. The molecule has 4 rings (SSSR count). The van der Waals surface area contributed by atoms with Crippen molar-refractivity contribution >= 4 is 32.4 Å². The van der Waals surface area contributed by atoms with E-state index in [-0.39, 0.29) is 13.2 Å². The van der Waals surface area contributed by atoms with Crippen molar-refractivity contribution in [3.05, 3.63) is 0 Å². The summed E-state index contributed by atoms with van der Waals surface area (Å²) in [6.07, 6.45) is -7.17. The standard InChI is InChI=1S/C30H51N3O12Si/c1-25(2,3)43-23(36)31-22(32-24(37)44-26(4,5)6)33-30-16(14-39-46(11,12)13)18(40-21(35)17(30)34)29(15-38-27(7,8)45-29)19-20(30)42-28(9,10)41-19/h16-20,34H,14-15H2,1-13H3,(H2,31,32,33,36,37)/t16-,17-,18?,19?,20?,29?,30?/m1/s1. The Morgan fingerprint density at radius 3 is 1.89 bits per heavy atom. The van der Waals surface area contributed by atoms with E-state index in [1.54, 1.807) is 69.2 Å². The van der Waals surface area contributed by atoms with Crippen molar-refractivity contribution < 1.29 is 57.1 Å². The molecular weight excluding hydrogens is 622 g/mol. The van der Waals surface area contributed by atoms with Crippen LogP contribution in [0.15, 0.2) is 4.99 Å². The zero-order valence-corrected chi connectivity index (χ0v) is 30.2. The van der Waals surface area contributed by atoms with Gasteiger partial charge in [0.1, 0.15) is 35.1 Å². The van der Waals surface area contributed by atoms with Crippen LogP contribution in [0.4, 0.5) is 9.59 Å². The number of nitrogens with one attached hydrogen (secondary N) is 2. The van der Waals surface area contributed by atoms with Crippen LogP contribution in [-0.4, -0.2) is 109 Å². The largest absolute Gasteiger partial charge is 0.457 e. The van der Waals surface area contributed by atoms with Gasteiger partial charge in [-0.25, -0.2) is 19.4 Å². The molecule has 2 bridgehead atoms. The van der Waals surface area contributed by atoms with Crippen LogP contribution < -0.4 is 10.6 Å². The predicted octanol–water partition coefficient (Wildman–Crippen LogP) is 2.94. The zero-order valence-electron chi connectivity index (χ0n) is 29.2. The summed E-state index contributed by atoms with van der Waals surface area (Å²) in [7, 11) is -2.24. The maximum atomic E-state index is 13.6. The minimum Gasteiger partial charge on any atom is -0.457 e. The fourth-order valence-electron chi connectivity index (χ4n) is 6.26. The number of guanidine groups is 1. The van der Waals surface area contributed by atoms with Gasteiger partial charge in [0.25, 0.3) is 0 Å². The molecule has 3 aliphatic heterocycles. The number of hydrogen-bond acceptors (Lipinski definition) is 13. The molecule has 1 aliphatic carbocycles. The summed E-state index contributed by atoms with van der Waals surface area (Å²) in [6.45, 7) is 22.7. The molecule has 0 aromatic heterocycles. The first-order valence-electron chi connectivity index (χ1n) is 15.5. The Morgan fingerprint density at radius 1 is 0.913 bits per heavy atom. The minimum absolute atomic E-state index is 0.0307. The first kappa shape index (κ1) is 36.5. The smallest absolute Gasteiger partial charge is 0.414 e. The molecule has 16 heteroatoms. The fraction of sp³-hybridized carbons (Fsp3) is 0.867. The van der Waals surface area contributed by atoms with E-state index in [0.717, 1.165) is 0 Å². The molecule has 15 nitrogen and oxygen atoms in total. The molecule has 4 aliphatic rings. The van der Waals surface area contributed by atoms with Gasteiger partial charge in [0.05, 0.1) is 12.5 Å². The lowest BCUT2D eigenvalue weighted by Gasteiger charge is -2.59. The second-order valence-electron chi connectivity index (χ2n) is 16.1. The van der Waals surface area contributed by atoms with Crippen LogP contribution in [0, 0.1) is 5.92 Å². The van der Waals surface area contributed by atoms with E-state index in [4.69, 9.17) is 42.6 Å². The molecular formula is C30H51N3O12Si. The van der Waals surface area contributed by atoms with Crippen molar-refractivity contribution in [1.29, 1.82) is 0 Å². The molecule has 0 radical (unpaired) electrons. The molecule has 3 N–H and O–H groups in total. The molecule has 5 unspecified atom stereocenters. The SMILES string of the molecule is CC(C)(C)OC(=O)NC(=NC12C3OC(C)(C)OC3C3(COC(C)(C)O3)C(OC(=O)[C@H]1O)[C@H]2CO[Si](C)(C)C)NC(=O)OC(C)(C)C. The second-order valence-corrected chi connectivity index (χ2v) is 20.6. The highest BCUT2D eigenvalue weighted by Gasteiger charge is 2.79. The summed E-state index contributed by atoms with van der Waals surface area (Å²) in [5.41, 5.74) is -5.15. The van der Waals surface area contributed by atoms with Crippen LogP contribution in [0.25, 0.3) is 0 Å². The summed E-state index contributed by atoms with van der Waals surface area (Å²) in [4.78, 5) is 44.6. The van der Waals surface area contributed by atoms with Crippen LogP contribution in [0.2, 0.25) is 19.6 Å². The van der Waals surface area contributed by atoms with Gasteiger partial charge in [0, 0.05) is 6.61 Å². The van der Waals surface area contributed by atoms with Crippen LogP contribution in [0.3, 0.4) is 0 Å². The van der Waals surface area contributed by atoms with E-state index in [1.165, 1.54) is 0 Å². The van der Waals surface area contributed by atoms with Crippen molar-refractivity contribution in [3.63, 3.8) is 0 Å². The Morgan fingerprint density at radius 2 is 1.43 bits per heavy atom. The molecule has 46 heavy (non-hydrogen) atoms. The van der Waals surface area contributed by atoms with Crippen molar-refractivity contribution in [2.45, 2.75) is 147 Å². The van der Waals surface area contributed by atoms with Crippen LogP contribution in [0.5, 0.6) is 0 Å². The Balaban J connectivity index is 1.95. The van der Waals surface area contributed by atoms with Gasteiger partial charge in [0.2, 0.25) is 5.96 Å². The van der Waals surface area contributed by atoms with Crippen molar-refractivity contribution in [3.8, 4) is 0 Å². The number of hydrogen-bond donors (Lipinski definition) is 3. The Labute approximate surface area is 271 Å². The first-order valence-corrected chi connectivity index (χ1v) is 18.9. The third kappa shape index (κ3) is 7.53. The summed E-state index contributed by atoms with van der Waals surface area (Å²) in [5, 5.41) is 16.8. The fourth-order valence-corrected chi connectivity index (χ4v) is 6.94. The Hall–Kier alpha value is -2.34. The number of aliphatic imine (C=N–C) groups is 1. The molecule has 0 aromatic carbocycles. The quantitative estimate of drug-likeness (QED) is 0.131. The molecule has 1 saturated carbocycles. The number of nitrogens with zero attached hydrogens (tertiary/aromatic N) is 1. The monoisotopic (exact) mass is 673 g/mol. The average molecular weight is 674 g/mol. The lowest BCUT2D eigenvalue weighted by molar-refractivity contribution is -0.286. The highest BCUT2D eigenvalue weighted by atomic mass is 28.4. The van der Waals surface area contributed by atoms with Crippen molar-refractivity contribution in [1.82, 2.24) is 10.6 Å². The Bertz CT molecular complexity index is 1220. The maximum Gasteiger partial charge on any atom is 0.414 e. The van der Waals surface area contributed by atoms with E-state index in [1.807, 2.05) is 19.6 Å². The van der Waals surface area contributed by atoms with Gasteiger partial charge >= 0.3 is 18.2 Å². The number of aliphatic hydroxyl groups is 1. The lowest BCUT2D eigenvalue weighted by Crippen LogP contribution is -2.81. The van der Waals surface area contributed by atoms with Gasteiger partial charge in [-0.3, -0.25) is 10.6 Å². The number of esters is 1. The van der Waals surface area contributed by atoms with E-state index in [2.05, 4.69) is 10.6 Å².